The number of H-pyrrole nitrogens is 1. The number of aromatic carboxylic acids is 1. The lowest BCUT2D eigenvalue weighted by Crippen LogP contribution is -2.39. The Hall–Kier alpha value is -1.85. The molecule has 1 aromatic heterocycles. The highest BCUT2D eigenvalue weighted by molar-refractivity contribution is 6.02. The van der Waals surface area contributed by atoms with Crippen molar-refractivity contribution in [1.82, 2.24) is 14.9 Å². The Bertz CT molecular complexity index is 461. The molecule has 0 saturated carbocycles. The monoisotopic (exact) mass is 265 g/mol. The molecule has 1 aliphatic rings. The van der Waals surface area contributed by atoms with E-state index in [0.717, 1.165) is 12.8 Å². The van der Waals surface area contributed by atoms with E-state index in [1.54, 1.807) is 4.90 Å². The predicted octanol–water partition coefficient (Wildman–Crippen LogP) is 1.76. The molecular formula is C13H19N3O3. The number of carboxylic acids is 1. The lowest BCUT2D eigenvalue weighted by molar-refractivity contribution is 0.0642. The fourth-order valence-corrected chi connectivity index (χ4v) is 2.60. The summed E-state index contributed by atoms with van der Waals surface area (Å²) in [4.78, 5) is 31.2. The number of carbonyl (C=O) groups excluding carboxylic acids is 1. The van der Waals surface area contributed by atoms with Crippen molar-refractivity contribution >= 4 is 11.9 Å². The van der Waals surface area contributed by atoms with Gasteiger partial charge < -0.3 is 15.0 Å². The van der Waals surface area contributed by atoms with Gasteiger partial charge >= 0.3 is 5.97 Å². The van der Waals surface area contributed by atoms with E-state index >= 15 is 0 Å². The normalized spacial score (nSPS) is 16.6. The van der Waals surface area contributed by atoms with Crippen molar-refractivity contribution in [2.24, 2.45) is 5.92 Å². The summed E-state index contributed by atoms with van der Waals surface area (Å²) in [6.45, 7) is 3.55. The first-order valence-corrected chi connectivity index (χ1v) is 6.69. The van der Waals surface area contributed by atoms with Crippen LogP contribution in [0.3, 0.4) is 0 Å². The molecule has 2 heterocycles. The molecule has 1 amide bonds. The summed E-state index contributed by atoms with van der Waals surface area (Å²) in [5.74, 6) is -0.748. The highest BCUT2D eigenvalue weighted by Gasteiger charge is 2.27. The van der Waals surface area contributed by atoms with Crippen molar-refractivity contribution in [2.45, 2.75) is 32.6 Å². The van der Waals surface area contributed by atoms with Crippen molar-refractivity contribution in [1.29, 1.82) is 0 Å². The molecule has 0 radical (unpaired) electrons. The van der Waals surface area contributed by atoms with Crippen LogP contribution in [0.15, 0.2) is 6.33 Å². The number of hydrogen-bond donors (Lipinski definition) is 2. The van der Waals surface area contributed by atoms with E-state index in [1.165, 1.54) is 19.2 Å². The van der Waals surface area contributed by atoms with Crippen molar-refractivity contribution in [2.75, 3.05) is 13.1 Å². The molecule has 6 nitrogen and oxygen atoms in total. The third-order valence-electron chi connectivity index (χ3n) is 3.65. The summed E-state index contributed by atoms with van der Waals surface area (Å²) in [5.41, 5.74) is -0.109. The van der Waals surface area contributed by atoms with Gasteiger partial charge in [-0.05, 0) is 18.8 Å². The average Bonchev–Trinajstić information content (AvgIpc) is 2.88. The van der Waals surface area contributed by atoms with Gasteiger partial charge in [0.05, 0.1) is 6.33 Å². The van der Waals surface area contributed by atoms with Crippen LogP contribution in [-0.4, -0.2) is 44.9 Å². The Kier molecular flexibility index (Phi) is 4.19. The standard InChI is InChI=1S/C13H19N3O3/c1-2-3-9-4-6-16(7-5-9)12(17)10-11(13(18)19)15-8-14-10/h8-9H,2-7H2,1H3,(H,14,15)(H,18,19). The van der Waals surface area contributed by atoms with Gasteiger partial charge in [0.25, 0.3) is 5.91 Å². The molecule has 1 saturated heterocycles. The highest BCUT2D eigenvalue weighted by atomic mass is 16.4. The second-order valence-electron chi connectivity index (χ2n) is 4.96. The van der Waals surface area contributed by atoms with Gasteiger partial charge in [0.15, 0.2) is 11.4 Å². The first kappa shape index (κ1) is 13.6. The highest BCUT2D eigenvalue weighted by Crippen LogP contribution is 2.23. The number of aromatic amines is 1. The molecule has 2 N–H and O–H groups in total. The number of aromatic nitrogens is 2. The number of hydrogen-bond acceptors (Lipinski definition) is 3. The summed E-state index contributed by atoms with van der Waals surface area (Å²) < 4.78 is 0. The SMILES string of the molecule is CCCC1CCN(C(=O)c2nc[nH]c2C(=O)O)CC1. The van der Waals surface area contributed by atoms with Crippen LogP contribution < -0.4 is 0 Å². The van der Waals surface area contributed by atoms with Crippen LogP contribution in [-0.2, 0) is 0 Å². The molecular weight excluding hydrogens is 246 g/mol. The number of rotatable bonds is 4. The average molecular weight is 265 g/mol. The number of amides is 1. The van der Waals surface area contributed by atoms with Gasteiger partial charge in [-0.2, -0.15) is 0 Å². The third kappa shape index (κ3) is 2.94. The van der Waals surface area contributed by atoms with Crippen molar-refractivity contribution in [3.8, 4) is 0 Å². The van der Waals surface area contributed by atoms with E-state index in [2.05, 4.69) is 16.9 Å². The molecule has 1 aromatic rings. The smallest absolute Gasteiger partial charge is 0.354 e. The van der Waals surface area contributed by atoms with E-state index in [1.807, 2.05) is 0 Å². The third-order valence-corrected chi connectivity index (χ3v) is 3.65. The molecule has 0 atom stereocenters. The topological polar surface area (TPSA) is 86.3 Å². The van der Waals surface area contributed by atoms with Gasteiger partial charge in [0, 0.05) is 13.1 Å². The molecule has 104 valence electrons. The number of imidazole rings is 1. The van der Waals surface area contributed by atoms with E-state index < -0.39 is 5.97 Å². The maximum Gasteiger partial charge on any atom is 0.354 e. The minimum Gasteiger partial charge on any atom is -0.477 e. The summed E-state index contributed by atoms with van der Waals surface area (Å²) in [5, 5.41) is 8.97. The molecule has 0 unspecified atom stereocenters. The lowest BCUT2D eigenvalue weighted by atomic mass is 9.92. The first-order chi connectivity index (χ1) is 9.13. The zero-order valence-electron chi connectivity index (χ0n) is 11.1. The van der Waals surface area contributed by atoms with Crippen molar-refractivity contribution in [3.05, 3.63) is 17.7 Å². The molecule has 0 aliphatic carbocycles. The van der Waals surface area contributed by atoms with Crippen LogP contribution in [0.1, 0.15) is 53.6 Å². The molecule has 0 spiro atoms. The maximum absolute atomic E-state index is 12.2. The number of nitrogens with one attached hydrogen (secondary N) is 1. The van der Waals surface area contributed by atoms with Gasteiger partial charge in [-0.3, -0.25) is 4.79 Å². The van der Waals surface area contributed by atoms with Gasteiger partial charge in [0.1, 0.15) is 0 Å². The fourth-order valence-electron chi connectivity index (χ4n) is 2.60. The molecule has 19 heavy (non-hydrogen) atoms. The second-order valence-corrected chi connectivity index (χ2v) is 4.96. The van der Waals surface area contributed by atoms with E-state index in [-0.39, 0.29) is 17.3 Å². The lowest BCUT2D eigenvalue weighted by Gasteiger charge is -2.31. The maximum atomic E-state index is 12.2. The minimum absolute atomic E-state index is 0.0152. The summed E-state index contributed by atoms with van der Waals surface area (Å²) >= 11 is 0. The molecule has 1 aliphatic heterocycles. The van der Waals surface area contributed by atoms with Crippen LogP contribution in [0.25, 0.3) is 0 Å². The number of carboxylic acid groups (broad SMARTS) is 1. The molecule has 2 rings (SSSR count). The minimum atomic E-state index is -1.15. The van der Waals surface area contributed by atoms with Crippen LogP contribution in [0.4, 0.5) is 0 Å². The van der Waals surface area contributed by atoms with Gasteiger partial charge in [-0.15, -0.1) is 0 Å². The zero-order chi connectivity index (χ0) is 13.8. The molecule has 0 bridgehead atoms. The van der Waals surface area contributed by atoms with E-state index in [4.69, 9.17) is 5.11 Å². The molecule has 0 aromatic carbocycles. The molecule has 6 heteroatoms. The van der Waals surface area contributed by atoms with Gasteiger partial charge in [0.2, 0.25) is 0 Å². The van der Waals surface area contributed by atoms with Crippen LogP contribution in [0.5, 0.6) is 0 Å². The Morgan fingerprint density at radius 2 is 2.16 bits per heavy atom. The number of likely N-dealkylation sites (tertiary alicyclic amines) is 1. The summed E-state index contributed by atoms with van der Waals surface area (Å²) in [7, 11) is 0. The Morgan fingerprint density at radius 3 is 2.74 bits per heavy atom. The van der Waals surface area contributed by atoms with E-state index in [9.17, 15) is 9.59 Å². The first-order valence-electron chi connectivity index (χ1n) is 6.69. The summed E-state index contributed by atoms with van der Waals surface area (Å²) in [6.07, 6.45) is 5.60. The van der Waals surface area contributed by atoms with Gasteiger partial charge in [-0.1, -0.05) is 19.8 Å². The van der Waals surface area contributed by atoms with Crippen LogP contribution in [0.2, 0.25) is 0 Å². The predicted molar refractivity (Wildman–Crippen MR) is 69.1 cm³/mol. The van der Waals surface area contributed by atoms with Crippen molar-refractivity contribution in [3.63, 3.8) is 0 Å². The van der Waals surface area contributed by atoms with Crippen LogP contribution >= 0.6 is 0 Å². The van der Waals surface area contributed by atoms with E-state index in [0.29, 0.717) is 19.0 Å². The number of piperidine rings is 1. The number of carbonyl (C=O) groups is 2. The fraction of sp³-hybridized carbons (Fsp3) is 0.615. The Morgan fingerprint density at radius 1 is 1.47 bits per heavy atom. The largest absolute Gasteiger partial charge is 0.477 e. The summed E-state index contributed by atoms with van der Waals surface area (Å²) in [6, 6.07) is 0. The van der Waals surface area contributed by atoms with Crippen molar-refractivity contribution < 1.29 is 14.7 Å². The quantitative estimate of drug-likeness (QED) is 0.868. The van der Waals surface area contributed by atoms with Crippen LogP contribution in [0, 0.1) is 5.92 Å². The number of nitrogens with zero attached hydrogens (tertiary/aromatic N) is 2. The second kappa shape index (κ2) is 5.86. The zero-order valence-corrected chi connectivity index (χ0v) is 11.1. The molecule has 1 fully saturated rings. The van der Waals surface area contributed by atoms with Gasteiger partial charge in [-0.25, -0.2) is 9.78 Å². The Labute approximate surface area is 111 Å². The Balaban J connectivity index is 2.01.